The lowest BCUT2D eigenvalue weighted by molar-refractivity contribution is -0.138. The molecule has 37 heavy (non-hydrogen) atoms. The minimum absolute atomic E-state index is 0.382. The van der Waals surface area contributed by atoms with E-state index in [9.17, 15) is 9.90 Å². The van der Waals surface area contributed by atoms with Gasteiger partial charge in [-0.05, 0) is 58.7 Å². The molecule has 4 aromatic rings. The van der Waals surface area contributed by atoms with Crippen LogP contribution >= 0.6 is 0 Å². The summed E-state index contributed by atoms with van der Waals surface area (Å²) in [6, 6.07) is 30.4. The van der Waals surface area contributed by atoms with Crippen molar-refractivity contribution in [2.24, 2.45) is 0 Å². The maximum atomic E-state index is 13.7. The predicted octanol–water partition coefficient (Wildman–Crippen LogP) is 4.36. The van der Waals surface area contributed by atoms with Gasteiger partial charge in [-0.15, -0.1) is 0 Å². The molecule has 0 heterocycles. The highest BCUT2D eigenvalue weighted by molar-refractivity contribution is 5.89. The van der Waals surface area contributed by atoms with Crippen molar-refractivity contribution in [3.05, 3.63) is 125 Å². The first-order valence-corrected chi connectivity index (χ1v) is 11.8. The molecule has 3 N–H and O–H groups in total. The average Bonchev–Trinajstić information content (AvgIpc) is 2.97. The van der Waals surface area contributed by atoms with Crippen molar-refractivity contribution in [2.75, 3.05) is 21.3 Å². The molecule has 7 nitrogen and oxygen atoms in total. The molecule has 0 fully saturated rings. The van der Waals surface area contributed by atoms with Gasteiger partial charge in [0.2, 0.25) is 0 Å². The summed E-state index contributed by atoms with van der Waals surface area (Å²) in [6.45, 7) is 0. The van der Waals surface area contributed by atoms with Crippen LogP contribution in [-0.2, 0) is 10.4 Å². The summed E-state index contributed by atoms with van der Waals surface area (Å²) in [7, 11) is 4.73. The highest BCUT2D eigenvalue weighted by Gasteiger charge is 2.40. The zero-order valence-corrected chi connectivity index (χ0v) is 21.0. The van der Waals surface area contributed by atoms with Crippen molar-refractivity contribution in [3.63, 3.8) is 0 Å². The van der Waals surface area contributed by atoms with Crippen LogP contribution in [0.5, 0.6) is 17.2 Å². The fraction of sp³-hybridized carbons (Fsp3) is 0.167. The molecule has 0 saturated heterocycles. The van der Waals surface area contributed by atoms with Crippen LogP contribution in [0.1, 0.15) is 28.3 Å². The fourth-order valence-corrected chi connectivity index (χ4v) is 4.12. The quantitative estimate of drug-likeness (QED) is 0.282. The summed E-state index contributed by atoms with van der Waals surface area (Å²) in [5.41, 5.74) is 6.52. The molecule has 4 aromatic carbocycles. The van der Waals surface area contributed by atoms with Gasteiger partial charge in [0.05, 0.1) is 27.4 Å². The molecule has 190 valence electrons. The Hall–Kier alpha value is -4.33. The van der Waals surface area contributed by atoms with E-state index in [2.05, 4.69) is 10.9 Å². The van der Waals surface area contributed by atoms with E-state index < -0.39 is 11.5 Å². The van der Waals surface area contributed by atoms with E-state index in [1.54, 1.807) is 69.9 Å². The number of carbonyl (C=O) groups is 1. The Kier molecular flexibility index (Phi) is 8.08. The van der Waals surface area contributed by atoms with Crippen molar-refractivity contribution < 1.29 is 24.1 Å². The largest absolute Gasteiger partial charge is 0.497 e. The van der Waals surface area contributed by atoms with Crippen LogP contribution in [0.25, 0.3) is 0 Å². The van der Waals surface area contributed by atoms with E-state index in [4.69, 9.17) is 14.2 Å². The third kappa shape index (κ3) is 5.58. The summed E-state index contributed by atoms with van der Waals surface area (Å²) in [4.78, 5) is 13.7. The van der Waals surface area contributed by atoms with Gasteiger partial charge in [0.15, 0.2) is 5.60 Å². The SMILES string of the molecule is COc1ccc(C(NNC(=O)C(O)(c2ccc(OC)cc2)c2ccc(OC)cc2)c2ccccc2)cc1. The molecule has 7 heteroatoms. The molecule has 1 atom stereocenters. The van der Waals surface area contributed by atoms with Crippen molar-refractivity contribution in [1.82, 2.24) is 10.9 Å². The summed E-state index contributed by atoms with van der Waals surface area (Å²) in [5, 5.41) is 11.9. The summed E-state index contributed by atoms with van der Waals surface area (Å²) < 4.78 is 15.8. The number of aliphatic hydroxyl groups is 1. The van der Waals surface area contributed by atoms with E-state index in [1.807, 2.05) is 54.6 Å². The zero-order chi connectivity index (χ0) is 26.3. The van der Waals surface area contributed by atoms with Gasteiger partial charge < -0.3 is 19.3 Å². The first-order chi connectivity index (χ1) is 18.0. The Balaban J connectivity index is 1.67. The highest BCUT2D eigenvalue weighted by atomic mass is 16.5. The van der Waals surface area contributed by atoms with Crippen LogP contribution in [0.4, 0.5) is 0 Å². The molecule has 0 aromatic heterocycles. The summed E-state index contributed by atoms with van der Waals surface area (Å²) in [6.07, 6.45) is 0. The third-order valence-corrected chi connectivity index (χ3v) is 6.26. The van der Waals surface area contributed by atoms with Gasteiger partial charge in [-0.2, -0.15) is 0 Å². The molecule has 0 bridgehead atoms. The monoisotopic (exact) mass is 498 g/mol. The molecule has 0 spiro atoms. The molecule has 1 unspecified atom stereocenters. The Morgan fingerprint density at radius 3 is 1.49 bits per heavy atom. The number of rotatable bonds is 10. The van der Waals surface area contributed by atoms with Crippen LogP contribution < -0.4 is 25.1 Å². The molecule has 0 aliphatic carbocycles. The maximum Gasteiger partial charge on any atom is 0.275 e. The van der Waals surface area contributed by atoms with E-state index in [0.717, 1.165) is 16.9 Å². The number of benzene rings is 4. The second-order valence-electron chi connectivity index (χ2n) is 8.38. The second kappa shape index (κ2) is 11.6. The smallest absolute Gasteiger partial charge is 0.275 e. The standard InChI is InChI=1S/C30H30N2O5/c1-35-25-15-9-22(10-16-25)28(21-7-5-4-6-8-21)31-32-29(33)30(34,23-11-17-26(36-2)18-12-23)24-13-19-27(37-3)20-14-24/h4-20,28,31,34H,1-3H3,(H,32,33). The van der Waals surface area contributed by atoms with E-state index in [1.165, 1.54) is 0 Å². The third-order valence-electron chi connectivity index (χ3n) is 6.26. The van der Waals surface area contributed by atoms with Gasteiger partial charge in [-0.25, -0.2) is 5.43 Å². The lowest BCUT2D eigenvalue weighted by atomic mass is 9.85. The average molecular weight is 499 g/mol. The maximum absolute atomic E-state index is 13.7. The molecular weight excluding hydrogens is 468 g/mol. The van der Waals surface area contributed by atoms with Gasteiger partial charge in [0, 0.05) is 0 Å². The number of methoxy groups -OCH3 is 3. The normalized spacial score (nSPS) is 11.9. The molecule has 0 aliphatic heterocycles. The topological polar surface area (TPSA) is 89.1 Å². The Morgan fingerprint density at radius 1 is 0.649 bits per heavy atom. The number of hydrazine groups is 1. The van der Waals surface area contributed by atoms with Crippen molar-refractivity contribution in [1.29, 1.82) is 0 Å². The van der Waals surface area contributed by atoms with E-state index in [0.29, 0.717) is 22.6 Å². The van der Waals surface area contributed by atoms with Gasteiger partial charge in [0.1, 0.15) is 17.2 Å². The molecule has 1 amide bonds. The second-order valence-corrected chi connectivity index (χ2v) is 8.38. The van der Waals surface area contributed by atoms with Gasteiger partial charge >= 0.3 is 0 Å². The lowest BCUT2D eigenvalue weighted by Crippen LogP contribution is -2.51. The highest BCUT2D eigenvalue weighted by Crippen LogP contribution is 2.33. The number of ether oxygens (including phenoxy) is 3. The predicted molar refractivity (Wildman–Crippen MR) is 142 cm³/mol. The van der Waals surface area contributed by atoms with Crippen molar-refractivity contribution >= 4 is 5.91 Å². The molecule has 0 saturated carbocycles. The minimum atomic E-state index is -1.99. The Labute approximate surface area is 216 Å². The van der Waals surface area contributed by atoms with Crippen LogP contribution in [0.2, 0.25) is 0 Å². The van der Waals surface area contributed by atoms with E-state index in [-0.39, 0.29) is 6.04 Å². The Bertz CT molecular complexity index is 1240. The lowest BCUT2D eigenvalue weighted by Gasteiger charge is -2.30. The van der Waals surface area contributed by atoms with Crippen LogP contribution in [0.15, 0.2) is 103 Å². The minimum Gasteiger partial charge on any atom is -0.497 e. The first kappa shape index (κ1) is 25.8. The number of carbonyl (C=O) groups excluding carboxylic acids is 1. The fourth-order valence-electron chi connectivity index (χ4n) is 4.12. The number of amides is 1. The van der Waals surface area contributed by atoms with Gasteiger partial charge in [-0.1, -0.05) is 66.7 Å². The number of nitrogens with one attached hydrogen (secondary N) is 2. The molecule has 4 rings (SSSR count). The molecule has 0 radical (unpaired) electrons. The summed E-state index contributed by atoms with van der Waals surface area (Å²) in [5.74, 6) is 1.32. The van der Waals surface area contributed by atoms with Gasteiger partial charge in [-0.3, -0.25) is 10.2 Å². The van der Waals surface area contributed by atoms with Crippen molar-refractivity contribution in [2.45, 2.75) is 11.6 Å². The Morgan fingerprint density at radius 2 is 1.05 bits per heavy atom. The van der Waals surface area contributed by atoms with Crippen molar-refractivity contribution in [3.8, 4) is 17.2 Å². The molecule has 0 aliphatic rings. The number of hydrogen-bond acceptors (Lipinski definition) is 6. The van der Waals surface area contributed by atoms with E-state index >= 15 is 0 Å². The first-order valence-electron chi connectivity index (χ1n) is 11.8. The number of hydrogen-bond donors (Lipinski definition) is 3. The summed E-state index contributed by atoms with van der Waals surface area (Å²) >= 11 is 0. The van der Waals surface area contributed by atoms with Crippen LogP contribution in [-0.4, -0.2) is 32.3 Å². The molecular formula is C30H30N2O5. The van der Waals surface area contributed by atoms with Gasteiger partial charge in [0.25, 0.3) is 5.91 Å². The zero-order valence-electron chi connectivity index (χ0n) is 21.0. The van der Waals surface area contributed by atoms with Crippen LogP contribution in [0, 0.1) is 0 Å². The van der Waals surface area contributed by atoms with Crippen LogP contribution in [0.3, 0.4) is 0 Å².